The van der Waals surface area contributed by atoms with Gasteiger partial charge in [-0.2, -0.15) is 0 Å². The minimum atomic E-state index is -0.973. The Morgan fingerprint density at radius 1 is 0.429 bits per heavy atom. The van der Waals surface area contributed by atoms with Gasteiger partial charge in [0, 0.05) is 6.61 Å². The zero-order valence-corrected chi connectivity index (χ0v) is 22.8. The molecule has 0 fully saturated rings. The van der Waals surface area contributed by atoms with E-state index in [0.29, 0.717) is 46.2 Å². The maximum Gasteiger partial charge on any atom is 0.329 e. The lowest BCUT2D eigenvalue weighted by atomic mass is 10.0. The van der Waals surface area contributed by atoms with Crippen molar-refractivity contribution in [3.63, 3.8) is 0 Å². The van der Waals surface area contributed by atoms with E-state index in [9.17, 15) is 4.79 Å². The van der Waals surface area contributed by atoms with Crippen molar-refractivity contribution in [1.29, 1.82) is 0 Å². The molecule has 210 valence electrons. The van der Waals surface area contributed by atoms with Crippen molar-refractivity contribution >= 4 is 5.97 Å². The zero-order chi connectivity index (χ0) is 25.5. The van der Waals surface area contributed by atoms with E-state index in [1.54, 1.807) is 0 Å². The van der Waals surface area contributed by atoms with Gasteiger partial charge in [0.05, 0.1) is 52.9 Å². The molecular formula is C28H56O7. The van der Waals surface area contributed by atoms with E-state index in [1.165, 1.54) is 96.3 Å². The van der Waals surface area contributed by atoms with Crippen LogP contribution in [0.15, 0.2) is 0 Å². The number of carboxylic acids is 1. The molecule has 0 rings (SSSR count). The van der Waals surface area contributed by atoms with Gasteiger partial charge in [-0.15, -0.1) is 0 Å². The summed E-state index contributed by atoms with van der Waals surface area (Å²) >= 11 is 0. The van der Waals surface area contributed by atoms with E-state index in [-0.39, 0.29) is 13.2 Å². The molecule has 0 radical (unpaired) electrons. The zero-order valence-electron chi connectivity index (χ0n) is 22.8. The normalized spacial score (nSPS) is 11.3. The highest BCUT2D eigenvalue weighted by atomic mass is 16.6. The van der Waals surface area contributed by atoms with Crippen LogP contribution in [-0.4, -0.2) is 77.1 Å². The summed E-state index contributed by atoms with van der Waals surface area (Å²) in [5.41, 5.74) is 0. The highest BCUT2D eigenvalue weighted by Crippen LogP contribution is 2.13. The van der Waals surface area contributed by atoms with Gasteiger partial charge in [-0.1, -0.05) is 103 Å². The maximum absolute atomic E-state index is 10.3. The van der Waals surface area contributed by atoms with Crippen molar-refractivity contribution in [1.82, 2.24) is 0 Å². The molecule has 0 aliphatic rings. The average Bonchev–Trinajstić information content (AvgIpc) is 2.85. The fourth-order valence-electron chi connectivity index (χ4n) is 3.79. The molecule has 7 nitrogen and oxygen atoms in total. The molecule has 0 aliphatic carbocycles. The largest absolute Gasteiger partial charge is 0.480 e. The summed E-state index contributed by atoms with van der Waals surface area (Å²) in [6.45, 7) is 6.70. The van der Waals surface area contributed by atoms with E-state index < -0.39 is 5.97 Å². The van der Waals surface area contributed by atoms with Gasteiger partial charge in [-0.25, -0.2) is 4.79 Å². The highest BCUT2D eigenvalue weighted by molar-refractivity contribution is 5.67. The van der Waals surface area contributed by atoms with Gasteiger partial charge < -0.3 is 28.8 Å². The molecule has 0 aromatic heterocycles. The number of aliphatic carboxylic acids is 1. The number of carbonyl (C=O) groups is 1. The molecule has 7 heteroatoms. The van der Waals surface area contributed by atoms with Crippen LogP contribution in [-0.2, 0) is 28.5 Å². The Kier molecular flexibility index (Phi) is 30.6. The molecule has 0 spiro atoms. The Morgan fingerprint density at radius 3 is 1.06 bits per heavy atom. The first-order chi connectivity index (χ1) is 17.3. The van der Waals surface area contributed by atoms with Crippen LogP contribution in [0.1, 0.15) is 110 Å². The summed E-state index contributed by atoms with van der Waals surface area (Å²) in [5.74, 6) is -0.973. The molecule has 0 unspecified atom stereocenters. The second kappa shape index (κ2) is 31.3. The van der Waals surface area contributed by atoms with E-state index in [4.69, 9.17) is 28.8 Å². The van der Waals surface area contributed by atoms with Gasteiger partial charge in [-0.05, 0) is 6.42 Å². The molecule has 0 saturated heterocycles. The van der Waals surface area contributed by atoms with E-state index in [0.717, 1.165) is 13.0 Å². The predicted octanol–water partition coefficient (Wildman–Crippen LogP) is 6.42. The summed E-state index contributed by atoms with van der Waals surface area (Å²) in [4.78, 5) is 10.3. The van der Waals surface area contributed by atoms with Crippen LogP contribution in [0.25, 0.3) is 0 Å². The van der Waals surface area contributed by atoms with Crippen LogP contribution in [0.3, 0.4) is 0 Å². The summed E-state index contributed by atoms with van der Waals surface area (Å²) in [7, 11) is 0. The summed E-state index contributed by atoms with van der Waals surface area (Å²) in [6, 6.07) is 0. The Balaban J connectivity index is 3.01. The molecule has 0 bridgehead atoms. The highest BCUT2D eigenvalue weighted by Gasteiger charge is 1.97. The van der Waals surface area contributed by atoms with Crippen LogP contribution in [0, 0.1) is 0 Å². The van der Waals surface area contributed by atoms with Crippen LogP contribution < -0.4 is 0 Å². The van der Waals surface area contributed by atoms with E-state index >= 15 is 0 Å². The predicted molar refractivity (Wildman–Crippen MR) is 141 cm³/mol. The molecule has 0 heterocycles. The first-order valence-corrected chi connectivity index (χ1v) is 14.4. The molecule has 0 amide bonds. The smallest absolute Gasteiger partial charge is 0.329 e. The molecule has 0 atom stereocenters. The molecule has 35 heavy (non-hydrogen) atoms. The van der Waals surface area contributed by atoms with Gasteiger partial charge in [0.2, 0.25) is 0 Å². The Bertz CT molecular complexity index is 407. The second-order valence-electron chi connectivity index (χ2n) is 9.20. The molecule has 0 aromatic rings. The fraction of sp³-hybridized carbons (Fsp3) is 0.964. The van der Waals surface area contributed by atoms with Gasteiger partial charge in [-0.3, -0.25) is 0 Å². The van der Waals surface area contributed by atoms with Crippen LogP contribution in [0.4, 0.5) is 0 Å². The van der Waals surface area contributed by atoms with Gasteiger partial charge >= 0.3 is 5.97 Å². The number of unbranched alkanes of at least 4 members (excludes halogenated alkanes) is 15. The third kappa shape index (κ3) is 33.3. The van der Waals surface area contributed by atoms with Crippen molar-refractivity contribution in [2.75, 3.05) is 66.1 Å². The van der Waals surface area contributed by atoms with Crippen molar-refractivity contribution in [3.05, 3.63) is 0 Å². The van der Waals surface area contributed by atoms with Gasteiger partial charge in [0.15, 0.2) is 0 Å². The number of rotatable bonds is 31. The monoisotopic (exact) mass is 504 g/mol. The molecule has 0 saturated carbocycles. The SMILES string of the molecule is CCCCCCCCCCCCCCCCCCOCCOCCOCCOCCOCC(=O)O. The average molecular weight is 505 g/mol. The lowest BCUT2D eigenvalue weighted by Gasteiger charge is -2.07. The number of ether oxygens (including phenoxy) is 5. The van der Waals surface area contributed by atoms with Gasteiger partial charge in [0.25, 0.3) is 0 Å². The third-order valence-corrected chi connectivity index (χ3v) is 5.86. The lowest BCUT2D eigenvalue weighted by Crippen LogP contribution is -2.14. The third-order valence-electron chi connectivity index (χ3n) is 5.86. The lowest BCUT2D eigenvalue weighted by molar-refractivity contribution is -0.142. The van der Waals surface area contributed by atoms with E-state index in [2.05, 4.69) is 6.92 Å². The summed E-state index contributed by atoms with van der Waals surface area (Å²) < 4.78 is 26.6. The molecule has 0 aliphatic heterocycles. The second-order valence-corrected chi connectivity index (χ2v) is 9.20. The minimum Gasteiger partial charge on any atom is -0.480 e. The Labute approximate surface area is 215 Å². The van der Waals surface area contributed by atoms with Gasteiger partial charge in [0.1, 0.15) is 6.61 Å². The number of hydrogen-bond acceptors (Lipinski definition) is 6. The Hall–Kier alpha value is -0.730. The number of hydrogen-bond donors (Lipinski definition) is 1. The standard InChI is InChI=1S/C28H56O7/c1-2-3-4-5-6-7-8-9-10-11-12-13-14-15-16-17-18-31-19-20-32-21-22-33-23-24-34-25-26-35-27-28(29)30/h2-27H2,1H3,(H,29,30). The fourth-order valence-corrected chi connectivity index (χ4v) is 3.79. The van der Waals surface area contributed by atoms with Crippen molar-refractivity contribution in [3.8, 4) is 0 Å². The first kappa shape index (κ1) is 34.3. The quantitative estimate of drug-likeness (QED) is 0.109. The van der Waals surface area contributed by atoms with E-state index in [1.807, 2.05) is 0 Å². The minimum absolute atomic E-state index is 0.273. The summed E-state index contributed by atoms with van der Waals surface area (Å²) in [6.07, 6.45) is 22.2. The van der Waals surface area contributed by atoms with Crippen LogP contribution in [0.2, 0.25) is 0 Å². The van der Waals surface area contributed by atoms with Crippen molar-refractivity contribution in [2.45, 2.75) is 110 Å². The molecule has 1 N–H and O–H groups in total. The van der Waals surface area contributed by atoms with Crippen molar-refractivity contribution in [2.24, 2.45) is 0 Å². The summed E-state index contributed by atoms with van der Waals surface area (Å²) in [5, 5.41) is 8.41. The van der Waals surface area contributed by atoms with Crippen LogP contribution in [0.5, 0.6) is 0 Å². The maximum atomic E-state index is 10.3. The topological polar surface area (TPSA) is 83.5 Å². The number of carboxylic acid groups (broad SMARTS) is 1. The Morgan fingerprint density at radius 2 is 0.714 bits per heavy atom. The van der Waals surface area contributed by atoms with Crippen LogP contribution >= 0.6 is 0 Å². The first-order valence-electron chi connectivity index (χ1n) is 14.4. The van der Waals surface area contributed by atoms with Crippen molar-refractivity contribution < 1.29 is 33.6 Å². The molecular weight excluding hydrogens is 448 g/mol. The molecule has 0 aromatic carbocycles.